The van der Waals surface area contributed by atoms with Crippen molar-refractivity contribution >= 4 is 5.91 Å². The Kier molecular flexibility index (Phi) is 5.26. The molecule has 2 fully saturated rings. The molecule has 2 heterocycles. The normalized spacial score (nSPS) is 21.4. The standard InChI is InChI=1S/C23H32N4O/c1-4-10-26-16-24-25-21(26)20-14-27(15-23(20)8-6-5-7-9-23)22(28)19-12-17(2)11-18(3)13-19/h11-13,16,20H,4-10,14-15H2,1-3H3. The molecule has 150 valence electrons. The lowest BCUT2D eigenvalue weighted by atomic mass is 9.67. The highest BCUT2D eigenvalue weighted by atomic mass is 16.2. The van der Waals surface area contributed by atoms with Crippen LogP contribution >= 0.6 is 0 Å². The van der Waals surface area contributed by atoms with E-state index in [1.54, 1.807) is 0 Å². The van der Waals surface area contributed by atoms with Crippen molar-refractivity contribution in [2.24, 2.45) is 5.41 Å². The van der Waals surface area contributed by atoms with E-state index < -0.39 is 0 Å². The minimum Gasteiger partial charge on any atom is -0.337 e. The first-order valence-electron chi connectivity index (χ1n) is 10.8. The van der Waals surface area contributed by atoms with Crippen LogP contribution < -0.4 is 0 Å². The van der Waals surface area contributed by atoms with E-state index in [-0.39, 0.29) is 17.2 Å². The monoisotopic (exact) mass is 380 g/mol. The summed E-state index contributed by atoms with van der Waals surface area (Å²) < 4.78 is 2.21. The molecule has 2 aliphatic rings. The van der Waals surface area contributed by atoms with Crippen LogP contribution in [0.4, 0.5) is 0 Å². The lowest BCUT2D eigenvalue weighted by Gasteiger charge is -2.37. The van der Waals surface area contributed by atoms with Crippen LogP contribution in [0.5, 0.6) is 0 Å². The van der Waals surface area contributed by atoms with Gasteiger partial charge >= 0.3 is 0 Å². The molecule has 1 atom stereocenters. The van der Waals surface area contributed by atoms with Crippen molar-refractivity contribution < 1.29 is 4.79 Å². The Balaban J connectivity index is 1.66. The largest absolute Gasteiger partial charge is 0.337 e. The van der Waals surface area contributed by atoms with Crippen LogP contribution in [0.1, 0.15) is 78.7 Å². The van der Waals surface area contributed by atoms with Gasteiger partial charge in [-0.25, -0.2) is 0 Å². The highest BCUT2D eigenvalue weighted by Crippen LogP contribution is 2.51. The molecular weight excluding hydrogens is 348 g/mol. The number of amides is 1. The number of rotatable bonds is 4. The van der Waals surface area contributed by atoms with Crippen LogP contribution in [0.15, 0.2) is 24.5 Å². The van der Waals surface area contributed by atoms with Crippen molar-refractivity contribution in [1.82, 2.24) is 19.7 Å². The maximum absolute atomic E-state index is 13.4. The van der Waals surface area contributed by atoms with Gasteiger partial charge in [0.1, 0.15) is 12.2 Å². The molecule has 1 aromatic carbocycles. The van der Waals surface area contributed by atoms with Gasteiger partial charge in [-0.15, -0.1) is 10.2 Å². The van der Waals surface area contributed by atoms with Crippen LogP contribution in [0.2, 0.25) is 0 Å². The molecule has 0 radical (unpaired) electrons. The SMILES string of the molecule is CCCn1cnnc1C1CN(C(=O)c2cc(C)cc(C)c2)CC12CCCCC2. The minimum atomic E-state index is 0.158. The smallest absolute Gasteiger partial charge is 0.253 e. The Labute approximate surface area is 168 Å². The Morgan fingerprint density at radius 2 is 1.86 bits per heavy atom. The average Bonchev–Trinajstić information content (AvgIpc) is 3.26. The molecule has 1 saturated heterocycles. The molecular formula is C23H32N4O. The summed E-state index contributed by atoms with van der Waals surface area (Å²) in [6.45, 7) is 8.86. The molecule has 1 aliphatic carbocycles. The highest BCUT2D eigenvalue weighted by molar-refractivity contribution is 5.95. The van der Waals surface area contributed by atoms with Gasteiger partial charge in [0, 0.05) is 31.1 Å². The molecule has 1 aromatic heterocycles. The van der Waals surface area contributed by atoms with Gasteiger partial charge in [-0.2, -0.15) is 0 Å². The van der Waals surface area contributed by atoms with Gasteiger partial charge < -0.3 is 9.47 Å². The Morgan fingerprint density at radius 1 is 1.14 bits per heavy atom. The van der Waals surface area contributed by atoms with E-state index >= 15 is 0 Å². The number of aryl methyl sites for hydroxylation is 3. The summed E-state index contributed by atoms with van der Waals surface area (Å²) in [5.41, 5.74) is 3.27. The average molecular weight is 381 g/mol. The van der Waals surface area contributed by atoms with Gasteiger partial charge in [0.2, 0.25) is 0 Å². The van der Waals surface area contributed by atoms with Crippen LogP contribution in [0, 0.1) is 19.3 Å². The summed E-state index contributed by atoms with van der Waals surface area (Å²) in [5.74, 6) is 1.54. The zero-order valence-corrected chi connectivity index (χ0v) is 17.4. The number of aromatic nitrogens is 3. The van der Waals surface area contributed by atoms with Crippen LogP contribution in [-0.4, -0.2) is 38.7 Å². The van der Waals surface area contributed by atoms with Gasteiger partial charge in [0.05, 0.1) is 0 Å². The first-order valence-corrected chi connectivity index (χ1v) is 10.8. The molecule has 4 rings (SSSR count). The van der Waals surface area contributed by atoms with Crippen LogP contribution in [0.3, 0.4) is 0 Å². The van der Waals surface area contributed by atoms with E-state index in [4.69, 9.17) is 0 Å². The summed E-state index contributed by atoms with van der Waals surface area (Å²) in [6.07, 6.45) is 9.12. The number of likely N-dealkylation sites (tertiary alicyclic amines) is 1. The van der Waals surface area contributed by atoms with Crippen molar-refractivity contribution in [3.05, 3.63) is 47.0 Å². The first kappa shape index (κ1) is 19.2. The molecule has 28 heavy (non-hydrogen) atoms. The lowest BCUT2D eigenvalue weighted by molar-refractivity contribution is 0.0758. The van der Waals surface area contributed by atoms with Gasteiger partial charge in [-0.05, 0) is 50.7 Å². The number of benzene rings is 1. The van der Waals surface area contributed by atoms with E-state index in [2.05, 4.69) is 46.5 Å². The van der Waals surface area contributed by atoms with E-state index in [1.807, 2.05) is 18.5 Å². The fraction of sp³-hybridized carbons (Fsp3) is 0.609. The molecule has 1 aliphatic heterocycles. The van der Waals surface area contributed by atoms with Gasteiger partial charge in [0.15, 0.2) is 0 Å². The van der Waals surface area contributed by atoms with Gasteiger partial charge in [-0.1, -0.05) is 43.4 Å². The molecule has 1 spiro atoms. The third-order valence-corrected chi connectivity index (χ3v) is 6.67. The van der Waals surface area contributed by atoms with E-state index in [1.165, 1.54) is 32.1 Å². The number of nitrogens with zero attached hydrogens (tertiary/aromatic N) is 4. The molecule has 1 amide bonds. The Bertz CT molecular complexity index is 830. The maximum atomic E-state index is 13.4. The zero-order valence-electron chi connectivity index (χ0n) is 17.4. The lowest BCUT2D eigenvalue weighted by Crippen LogP contribution is -2.34. The predicted molar refractivity (Wildman–Crippen MR) is 110 cm³/mol. The number of hydrogen-bond donors (Lipinski definition) is 0. The fourth-order valence-corrected chi connectivity index (χ4v) is 5.47. The van der Waals surface area contributed by atoms with E-state index in [0.29, 0.717) is 0 Å². The summed E-state index contributed by atoms with van der Waals surface area (Å²) in [7, 11) is 0. The molecule has 0 N–H and O–H groups in total. The third kappa shape index (κ3) is 3.47. The second-order valence-electron chi connectivity index (χ2n) is 8.92. The molecule has 1 unspecified atom stereocenters. The predicted octanol–water partition coefficient (Wildman–Crippen LogP) is 4.50. The Hall–Kier alpha value is -2.17. The fourth-order valence-electron chi connectivity index (χ4n) is 5.47. The van der Waals surface area contributed by atoms with Gasteiger partial charge in [-0.3, -0.25) is 4.79 Å². The Morgan fingerprint density at radius 3 is 2.54 bits per heavy atom. The number of carbonyl (C=O) groups is 1. The number of hydrogen-bond acceptors (Lipinski definition) is 3. The molecule has 5 heteroatoms. The summed E-state index contributed by atoms with van der Waals surface area (Å²) in [5, 5.41) is 8.76. The summed E-state index contributed by atoms with van der Waals surface area (Å²) >= 11 is 0. The van der Waals surface area contributed by atoms with Crippen molar-refractivity contribution in [3.8, 4) is 0 Å². The summed E-state index contributed by atoms with van der Waals surface area (Å²) in [6, 6.07) is 6.17. The third-order valence-electron chi connectivity index (χ3n) is 6.67. The molecule has 0 bridgehead atoms. The molecule has 2 aromatic rings. The van der Waals surface area contributed by atoms with E-state index in [9.17, 15) is 4.79 Å². The first-order chi connectivity index (χ1) is 13.5. The van der Waals surface area contributed by atoms with Crippen molar-refractivity contribution in [1.29, 1.82) is 0 Å². The van der Waals surface area contributed by atoms with Crippen molar-refractivity contribution in [2.45, 2.75) is 71.8 Å². The quantitative estimate of drug-likeness (QED) is 0.785. The minimum absolute atomic E-state index is 0.158. The van der Waals surface area contributed by atoms with Crippen LogP contribution in [0.25, 0.3) is 0 Å². The van der Waals surface area contributed by atoms with Gasteiger partial charge in [0.25, 0.3) is 5.91 Å². The second-order valence-corrected chi connectivity index (χ2v) is 8.92. The highest BCUT2D eigenvalue weighted by Gasteiger charge is 2.50. The maximum Gasteiger partial charge on any atom is 0.253 e. The zero-order chi connectivity index (χ0) is 19.7. The summed E-state index contributed by atoms with van der Waals surface area (Å²) in [4.78, 5) is 15.5. The molecule has 1 saturated carbocycles. The second kappa shape index (κ2) is 7.69. The number of carbonyl (C=O) groups excluding carboxylic acids is 1. The molecule has 5 nitrogen and oxygen atoms in total. The van der Waals surface area contributed by atoms with Crippen molar-refractivity contribution in [3.63, 3.8) is 0 Å². The van der Waals surface area contributed by atoms with Crippen molar-refractivity contribution in [2.75, 3.05) is 13.1 Å². The van der Waals surface area contributed by atoms with E-state index in [0.717, 1.165) is 48.6 Å². The van der Waals surface area contributed by atoms with Crippen LogP contribution in [-0.2, 0) is 6.54 Å². The topological polar surface area (TPSA) is 51.0 Å².